The van der Waals surface area contributed by atoms with Crippen molar-refractivity contribution in [2.45, 2.75) is 0 Å². The summed E-state index contributed by atoms with van der Waals surface area (Å²) < 4.78 is 0. The predicted molar refractivity (Wildman–Crippen MR) is 44.7 cm³/mol. The topological polar surface area (TPSA) is 47.0 Å². The maximum atomic E-state index is 10.3. The molecule has 1 aromatic rings. The average molecular weight is 161 g/mol. The molecular formula is C9H7NO2. The van der Waals surface area contributed by atoms with Crippen LogP contribution in [0.5, 0.6) is 0 Å². The lowest BCUT2D eigenvalue weighted by molar-refractivity contribution is -0.104. The first-order valence-corrected chi connectivity index (χ1v) is 3.41. The molecular weight excluding hydrogens is 154 g/mol. The van der Waals surface area contributed by atoms with Crippen LogP contribution in [-0.2, 0) is 4.79 Å². The second-order valence-electron chi connectivity index (χ2n) is 2.10. The van der Waals surface area contributed by atoms with Crippen LogP contribution >= 0.6 is 0 Å². The summed E-state index contributed by atoms with van der Waals surface area (Å²) in [5.41, 5.74) is 0.967. The number of aromatic nitrogens is 1. The van der Waals surface area contributed by atoms with Crippen LogP contribution in [0.15, 0.2) is 24.3 Å². The van der Waals surface area contributed by atoms with Gasteiger partial charge < -0.3 is 0 Å². The molecule has 0 atom stereocenters. The van der Waals surface area contributed by atoms with E-state index in [-0.39, 0.29) is 0 Å². The van der Waals surface area contributed by atoms with Crippen LogP contribution in [-0.4, -0.2) is 17.6 Å². The highest BCUT2D eigenvalue weighted by Crippen LogP contribution is 1.98. The van der Waals surface area contributed by atoms with Crippen LogP contribution in [0.2, 0.25) is 0 Å². The Balaban J connectivity index is 2.93. The van der Waals surface area contributed by atoms with Crippen molar-refractivity contribution in [1.29, 1.82) is 0 Å². The number of carbonyl (C=O) groups is 2. The zero-order valence-electron chi connectivity index (χ0n) is 6.31. The SMILES string of the molecule is O=CC=Cc1cccc(C=O)n1. The maximum Gasteiger partial charge on any atom is 0.168 e. The van der Waals surface area contributed by atoms with E-state index in [1.54, 1.807) is 24.3 Å². The van der Waals surface area contributed by atoms with Gasteiger partial charge in [0.25, 0.3) is 0 Å². The Morgan fingerprint density at radius 3 is 2.58 bits per heavy atom. The normalized spacial score (nSPS) is 10.0. The molecule has 0 fully saturated rings. The number of pyridine rings is 1. The number of rotatable bonds is 3. The molecule has 0 saturated heterocycles. The van der Waals surface area contributed by atoms with Gasteiger partial charge in [-0.1, -0.05) is 6.07 Å². The van der Waals surface area contributed by atoms with Crippen molar-refractivity contribution in [3.8, 4) is 0 Å². The maximum absolute atomic E-state index is 10.3. The molecule has 60 valence electrons. The fraction of sp³-hybridized carbons (Fsp3) is 0. The Labute approximate surface area is 69.7 Å². The van der Waals surface area contributed by atoms with E-state index in [1.165, 1.54) is 6.08 Å². The third-order valence-electron chi connectivity index (χ3n) is 1.26. The molecule has 0 aliphatic rings. The standard InChI is InChI=1S/C9H7NO2/c11-6-2-5-8-3-1-4-9(7-12)10-8/h1-7H. The van der Waals surface area contributed by atoms with Crippen molar-refractivity contribution in [3.05, 3.63) is 35.7 Å². The molecule has 1 rings (SSSR count). The monoisotopic (exact) mass is 161 g/mol. The van der Waals surface area contributed by atoms with Gasteiger partial charge in [0.1, 0.15) is 12.0 Å². The number of hydrogen-bond donors (Lipinski definition) is 0. The molecule has 0 radical (unpaired) electrons. The lowest BCUT2D eigenvalue weighted by atomic mass is 10.3. The Morgan fingerprint density at radius 1 is 1.17 bits per heavy atom. The van der Waals surface area contributed by atoms with Gasteiger partial charge in [0.15, 0.2) is 6.29 Å². The number of nitrogens with zero attached hydrogens (tertiary/aromatic N) is 1. The molecule has 0 aliphatic heterocycles. The first-order valence-electron chi connectivity index (χ1n) is 3.41. The largest absolute Gasteiger partial charge is 0.299 e. The van der Waals surface area contributed by atoms with E-state index >= 15 is 0 Å². The van der Waals surface area contributed by atoms with Gasteiger partial charge in [-0.05, 0) is 24.3 Å². The number of allylic oxidation sites excluding steroid dienone is 1. The van der Waals surface area contributed by atoms with Gasteiger partial charge in [-0.3, -0.25) is 9.59 Å². The summed E-state index contributed by atoms with van der Waals surface area (Å²) in [5, 5.41) is 0. The molecule has 0 spiro atoms. The van der Waals surface area contributed by atoms with Gasteiger partial charge in [0.2, 0.25) is 0 Å². The molecule has 0 saturated carbocycles. The summed E-state index contributed by atoms with van der Waals surface area (Å²) in [6.45, 7) is 0. The van der Waals surface area contributed by atoms with Crippen LogP contribution in [0.25, 0.3) is 6.08 Å². The first kappa shape index (κ1) is 8.33. The number of carbonyl (C=O) groups excluding carboxylic acids is 2. The molecule has 3 nitrogen and oxygen atoms in total. The van der Waals surface area contributed by atoms with Gasteiger partial charge >= 0.3 is 0 Å². The Bertz CT molecular complexity index is 318. The summed E-state index contributed by atoms with van der Waals surface area (Å²) in [4.78, 5) is 24.1. The van der Waals surface area contributed by atoms with Crippen molar-refractivity contribution < 1.29 is 9.59 Å². The Hall–Kier alpha value is -1.77. The fourth-order valence-corrected chi connectivity index (χ4v) is 0.765. The molecule has 1 heterocycles. The van der Waals surface area contributed by atoms with Crippen LogP contribution in [0.1, 0.15) is 16.2 Å². The van der Waals surface area contributed by atoms with E-state index in [1.807, 2.05) is 0 Å². The van der Waals surface area contributed by atoms with E-state index in [2.05, 4.69) is 4.98 Å². The first-order chi connectivity index (χ1) is 5.86. The molecule has 0 aliphatic carbocycles. The van der Waals surface area contributed by atoms with Gasteiger partial charge in [0.05, 0.1) is 5.69 Å². The van der Waals surface area contributed by atoms with Crippen LogP contribution in [0.3, 0.4) is 0 Å². The minimum Gasteiger partial charge on any atom is -0.299 e. The van der Waals surface area contributed by atoms with E-state index in [4.69, 9.17) is 0 Å². The highest BCUT2D eigenvalue weighted by atomic mass is 16.1. The van der Waals surface area contributed by atoms with Crippen LogP contribution in [0.4, 0.5) is 0 Å². The van der Waals surface area contributed by atoms with Crippen molar-refractivity contribution in [3.63, 3.8) is 0 Å². The van der Waals surface area contributed by atoms with Gasteiger partial charge in [-0.25, -0.2) is 4.98 Å². The molecule has 0 unspecified atom stereocenters. The fourth-order valence-electron chi connectivity index (χ4n) is 0.765. The molecule has 1 aromatic heterocycles. The van der Waals surface area contributed by atoms with E-state index in [0.29, 0.717) is 24.0 Å². The molecule has 0 aromatic carbocycles. The van der Waals surface area contributed by atoms with E-state index in [0.717, 1.165) is 0 Å². The third-order valence-corrected chi connectivity index (χ3v) is 1.26. The lowest BCUT2D eigenvalue weighted by Crippen LogP contribution is -1.87. The van der Waals surface area contributed by atoms with Gasteiger partial charge in [-0.2, -0.15) is 0 Å². The third kappa shape index (κ3) is 2.12. The van der Waals surface area contributed by atoms with Crippen molar-refractivity contribution in [1.82, 2.24) is 4.98 Å². The zero-order chi connectivity index (χ0) is 8.81. The summed E-state index contributed by atoms with van der Waals surface area (Å²) in [6, 6.07) is 5.03. The molecule has 12 heavy (non-hydrogen) atoms. The van der Waals surface area contributed by atoms with Gasteiger partial charge in [-0.15, -0.1) is 0 Å². The van der Waals surface area contributed by atoms with Crippen molar-refractivity contribution in [2.24, 2.45) is 0 Å². The summed E-state index contributed by atoms with van der Waals surface area (Å²) in [5.74, 6) is 0. The summed E-state index contributed by atoms with van der Waals surface area (Å²) >= 11 is 0. The van der Waals surface area contributed by atoms with Crippen LogP contribution in [0, 0.1) is 0 Å². The van der Waals surface area contributed by atoms with E-state index < -0.39 is 0 Å². The highest BCUT2D eigenvalue weighted by molar-refractivity contribution is 5.75. The lowest BCUT2D eigenvalue weighted by Gasteiger charge is -1.91. The van der Waals surface area contributed by atoms with E-state index in [9.17, 15) is 9.59 Å². The highest BCUT2D eigenvalue weighted by Gasteiger charge is 1.90. The molecule has 0 N–H and O–H groups in total. The quantitative estimate of drug-likeness (QED) is 0.492. The molecule has 0 bridgehead atoms. The van der Waals surface area contributed by atoms with Crippen molar-refractivity contribution in [2.75, 3.05) is 0 Å². The molecule has 0 amide bonds. The summed E-state index contributed by atoms with van der Waals surface area (Å²) in [6.07, 6.45) is 4.20. The molecule has 3 heteroatoms. The minimum atomic E-state index is 0.364. The Kier molecular flexibility index (Phi) is 2.90. The predicted octanol–water partition coefficient (Wildman–Crippen LogP) is 1.11. The van der Waals surface area contributed by atoms with Crippen molar-refractivity contribution >= 4 is 18.6 Å². The number of hydrogen-bond acceptors (Lipinski definition) is 3. The second-order valence-corrected chi connectivity index (χ2v) is 2.10. The second kappa shape index (κ2) is 4.18. The summed E-state index contributed by atoms with van der Waals surface area (Å²) in [7, 11) is 0. The smallest absolute Gasteiger partial charge is 0.168 e. The van der Waals surface area contributed by atoms with Crippen LogP contribution < -0.4 is 0 Å². The minimum absolute atomic E-state index is 0.364. The van der Waals surface area contributed by atoms with Gasteiger partial charge in [0, 0.05) is 0 Å². The Morgan fingerprint density at radius 2 is 1.92 bits per heavy atom. The zero-order valence-corrected chi connectivity index (χ0v) is 6.31. The average Bonchev–Trinajstić information content (AvgIpc) is 2.15. The number of aldehydes is 2.